The summed E-state index contributed by atoms with van der Waals surface area (Å²) in [5.74, 6) is 2.49. The monoisotopic (exact) mass is 203 g/mol. The van der Waals surface area contributed by atoms with E-state index in [-0.39, 0.29) is 0 Å². The molecule has 0 radical (unpaired) electrons. The van der Waals surface area contributed by atoms with Gasteiger partial charge in [0.25, 0.3) is 0 Å². The van der Waals surface area contributed by atoms with E-state index in [0.717, 1.165) is 12.6 Å². The van der Waals surface area contributed by atoms with Gasteiger partial charge in [0.2, 0.25) is 0 Å². The van der Waals surface area contributed by atoms with Crippen LogP contribution in [0.3, 0.4) is 0 Å². The minimum absolute atomic E-state index is 0.317. The molecule has 3 heteroatoms. The van der Waals surface area contributed by atoms with E-state index in [1.807, 2.05) is 11.8 Å². The van der Waals surface area contributed by atoms with E-state index in [2.05, 4.69) is 11.8 Å². The molecule has 1 aliphatic carbocycles. The molecule has 0 heterocycles. The maximum Gasteiger partial charge on any atom is 0.0558 e. The molecule has 0 atom stereocenters. The third-order valence-corrected chi connectivity index (χ3v) is 3.37. The van der Waals surface area contributed by atoms with Gasteiger partial charge in [-0.3, -0.25) is 4.90 Å². The Bertz CT molecular complexity index is 128. The Labute approximate surface area is 85.7 Å². The number of aliphatic hydroxyl groups is 1. The van der Waals surface area contributed by atoms with Crippen molar-refractivity contribution < 1.29 is 5.11 Å². The zero-order valence-electron chi connectivity index (χ0n) is 8.54. The summed E-state index contributed by atoms with van der Waals surface area (Å²) >= 11 is 2.01. The van der Waals surface area contributed by atoms with E-state index < -0.39 is 0 Å². The maximum absolute atomic E-state index is 8.87. The summed E-state index contributed by atoms with van der Waals surface area (Å²) in [6.07, 6.45) is 3.97. The lowest BCUT2D eigenvalue weighted by Crippen LogP contribution is -2.30. The van der Waals surface area contributed by atoms with Crippen molar-refractivity contribution in [1.29, 1.82) is 0 Å². The second kappa shape index (κ2) is 6.68. The van der Waals surface area contributed by atoms with E-state index >= 15 is 0 Å². The van der Waals surface area contributed by atoms with Gasteiger partial charge >= 0.3 is 0 Å². The fourth-order valence-corrected chi connectivity index (χ4v) is 2.18. The van der Waals surface area contributed by atoms with Crippen LogP contribution in [0.15, 0.2) is 0 Å². The molecule has 0 spiro atoms. The van der Waals surface area contributed by atoms with Crippen molar-refractivity contribution in [3.8, 4) is 0 Å². The van der Waals surface area contributed by atoms with Crippen molar-refractivity contribution >= 4 is 11.8 Å². The van der Waals surface area contributed by atoms with Crippen molar-refractivity contribution in [3.05, 3.63) is 0 Å². The van der Waals surface area contributed by atoms with Crippen molar-refractivity contribution in [2.24, 2.45) is 0 Å². The fourth-order valence-electron chi connectivity index (χ4n) is 1.56. The number of hydrogen-bond acceptors (Lipinski definition) is 3. The highest BCUT2D eigenvalue weighted by atomic mass is 32.2. The molecule has 0 amide bonds. The quantitative estimate of drug-likeness (QED) is 0.606. The summed E-state index contributed by atoms with van der Waals surface area (Å²) in [5, 5.41) is 8.87. The summed E-state index contributed by atoms with van der Waals surface area (Å²) in [4.78, 5) is 2.44. The van der Waals surface area contributed by atoms with E-state index in [9.17, 15) is 0 Å². The van der Waals surface area contributed by atoms with Crippen molar-refractivity contribution in [3.63, 3.8) is 0 Å². The van der Waals surface area contributed by atoms with Crippen LogP contribution in [0.2, 0.25) is 0 Å². The largest absolute Gasteiger partial charge is 0.395 e. The lowest BCUT2D eigenvalue weighted by molar-refractivity contribution is 0.190. The number of nitrogens with zero attached hydrogens (tertiary/aromatic N) is 1. The molecule has 1 saturated carbocycles. The molecule has 13 heavy (non-hydrogen) atoms. The molecule has 0 saturated heterocycles. The first-order valence-electron chi connectivity index (χ1n) is 5.31. The van der Waals surface area contributed by atoms with Gasteiger partial charge in [0.05, 0.1) is 6.61 Å². The Hall–Kier alpha value is 0.270. The smallest absolute Gasteiger partial charge is 0.0558 e. The van der Waals surface area contributed by atoms with Crippen LogP contribution in [0.5, 0.6) is 0 Å². The predicted molar refractivity (Wildman–Crippen MR) is 59.3 cm³/mol. The van der Waals surface area contributed by atoms with Crippen molar-refractivity contribution in [2.75, 3.05) is 31.2 Å². The highest BCUT2D eigenvalue weighted by Crippen LogP contribution is 2.26. The molecule has 0 unspecified atom stereocenters. The van der Waals surface area contributed by atoms with Gasteiger partial charge in [-0.25, -0.2) is 0 Å². The summed E-state index contributed by atoms with van der Waals surface area (Å²) in [7, 11) is 0. The zero-order valence-corrected chi connectivity index (χ0v) is 9.35. The van der Waals surface area contributed by atoms with Crippen LogP contribution in [0.4, 0.5) is 0 Å². The van der Waals surface area contributed by atoms with E-state index in [1.54, 1.807) is 0 Å². The zero-order chi connectivity index (χ0) is 9.52. The molecule has 0 aromatic carbocycles. The first kappa shape index (κ1) is 11.3. The average molecular weight is 203 g/mol. The minimum Gasteiger partial charge on any atom is -0.395 e. The predicted octanol–water partition coefficient (Wildman–Crippen LogP) is 1.59. The van der Waals surface area contributed by atoms with Crippen LogP contribution in [0.1, 0.15) is 26.2 Å². The average Bonchev–Trinajstić information content (AvgIpc) is 2.93. The van der Waals surface area contributed by atoms with Crippen LogP contribution in [-0.2, 0) is 0 Å². The number of aliphatic hydroxyl groups excluding tert-OH is 1. The molecule has 0 aromatic heterocycles. The lowest BCUT2D eigenvalue weighted by Gasteiger charge is -2.20. The third kappa shape index (κ3) is 4.89. The highest BCUT2D eigenvalue weighted by Gasteiger charge is 2.27. The Morgan fingerprint density at radius 3 is 2.69 bits per heavy atom. The van der Waals surface area contributed by atoms with Gasteiger partial charge < -0.3 is 5.11 Å². The SMILES string of the molecule is CCSCCCN(CCO)C1CC1. The van der Waals surface area contributed by atoms with Gasteiger partial charge in [-0.1, -0.05) is 6.92 Å². The van der Waals surface area contributed by atoms with Crippen LogP contribution in [0, 0.1) is 0 Å². The minimum atomic E-state index is 0.317. The van der Waals surface area contributed by atoms with Gasteiger partial charge in [0, 0.05) is 12.6 Å². The lowest BCUT2D eigenvalue weighted by atomic mass is 10.4. The van der Waals surface area contributed by atoms with Gasteiger partial charge in [-0.2, -0.15) is 11.8 Å². The van der Waals surface area contributed by atoms with Gasteiger partial charge in [-0.15, -0.1) is 0 Å². The van der Waals surface area contributed by atoms with Crippen LogP contribution in [-0.4, -0.2) is 47.3 Å². The molecule has 1 N–H and O–H groups in total. The standard InChI is InChI=1S/C10H21NOS/c1-2-13-9-3-6-11(7-8-12)10-4-5-10/h10,12H,2-9H2,1H3. The second-order valence-corrected chi connectivity index (χ2v) is 4.94. The Kier molecular flexibility index (Phi) is 5.83. The first-order chi connectivity index (χ1) is 6.38. The number of hydrogen-bond donors (Lipinski definition) is 1. The second-order valence-electron chi connectivity index (χ2n) is 3.54. The Morgan fingerprint density at radius 1 is 1.38 bits per heavy atom. The molecule has 0 aliphatic heterocycles. The molecular formula is C10H21NOS. The summed E-state index contributed by atoms with van der Waals surface area (Å²) in [6, 6.07) is 0.804. The van der Waals surface area contributed by atoms with Gasteiger partial charge in [-0.05, 0) is 37.3 Å². The molecule has 2 nitrogen and oxygen atoms in total. The summed E-state index contributed by atoms with van der Waals surface area (Å²) in [6.45, 7) is 4.58. The molecular weight excluding hydrogens is 182 g/mol. The van der Waals surface area contributed by atoms with E-state index in [1.165, 1.54) is 37.3 Å². The van der Waals surface area contributed by atoms with Crippen LogP contribution >= 0.6 is 11.8 Å². The fraction of sp³-hybridized carbons (Fsp3) is 1.00. The Morgan fingerprint density at radius 2 is 2.15 bits per heavy atom. The third-order valence-electron chi connectivity index (χ3n) is 2.39. The normalized spacial score (nSPS) is 16.8. The van der Waals surface area contributed by atoms with Gasteiger partial charge in [0.15, 0.2) is 0 Å². The molecule has 1 rings (SSSR count). The molecule has 0 aromatic rings. The molecule has 78 valence electrons. The Balaban J connectivity index is 2.00. The number of thioether (sulfide) groups is 1. The molecule has 1 aliphatic rings. The van der Waals surface area contributed by atoms with Crippen molar-refractivity contribution in [2.45, 2.75) is 32.2 Å². The molecule has 1 fully saturated rings. The van der Waals surface area contributed by atoms with Crippen LogP contribution < -0.4 is 0 Å². The van der Waals surface area contributed by atoms with Gasteiger partial charge in [0.1, 0.15) is 0 Å². The highest BCUT2D eigenvalue weighted by molar-refractivity contribution is 7.99. The van der Waals surface area contributed by atoms with Crippen molar-refractivity contribution in [1.82, 2.24) is 4.90 Å². The van der Waals surface area contributed by atoms with E-state index in [0.29, 0.717) is 6.61 Å². The maximum atomic E-state index is 8.87. The number of rotatable bonds is 8. The molecule has 0 bridgehead atoms. The van der Waals surface area contributed by atoms with E-state index in [4.69, 9.17) is 5.11 Å². The topological polar surface area (TPSA) is 23.5 Å². The summed E-state index contributed by atoms with van der Waals surface area (Å²) in [5.41, 5.74) is 0. The van der Waals surface area contributed by atoms with Crippen LogP contribution in [0.25, 0.3) is 0 Å². The first-order valence-corrected chi connectivity index (χ1v) is 6.46. The summed E-state index contributed by atoms with van der Waals surface area (Å²) < 4.78 is 0.